The molecule has 5 nitrogen and oxygen atoms in total. The summed E-state index contributed by atoms with van der Waals surface area (Å²) in [5.74, 6) is 0.164. The van der Waals surface area contributed by atoms with Crippen LogP contribution in [0.4, 0.5) is 0 Å². The standard InChI is InChI=1S/C10H10N2O3S/c1-6-12-7(5-16-6)8-4-11-9(15-8)2-3-10(13)14/h4-5H,2-3H2,1H3,(H,13,14). The first-order valence-electron chi connectivity index (χ1n) is 4.74. The first kappa shape index (κ1) is 10.8. The van der Waals surface area contributed by atoms with E-state index in [0.29, 0.717) is 18.1 Å². The maximum absolute atomic E-state index is 10.4. The zero-order valence-corrected chi connectivity index (χ0v) is 9.45. The molecule has 0 atom stereocenters. The van der Waals surface area contributed by atoms with Gasteiger partial charge in [-0.3, -0.25) is 4.79 Å². The minimum atomic E-state index is -0.857. The zero-order chi connectivity index (χ0) is 11.5. The van der Waals surface area contributed by atoms with Crippen LogP contribution in [0.15, 0.2) is 16.0 Å². The molecule has 0 spiro atoms. The van der Waals surface area contributed by atoms with Crippen LogP contribution in [-0.2, 0) is 11.2 Å². The van der Waals surface area contributed by atoms with Crippen LogP contribution < -0.4 is 0 Å². The fraction of sp³-hybridized carbons (Fsp3) is 0.300. The van der Waals surface area contributed by atoms with Crippen molar-refractivity contribution in [3.63, 3.8) is 0 Å². The van der Waals surface area contributed by atoms with E-state index in [1.807, 2.05) is 12.3 Å². The van der Waals surface area contributed by atoms with Crippen LogP contribution in [0.25, 0.3) is 11.5 Å². The molecule has 1 N–H and O–H groups in total. The molecule has 2 heterocycles. The lowest BCUT2D eigenvalue weighted by atomic mass is 10.3. The Bertz CT molecular complexity index is 504. The summed E-state index contributed by atoms with van der Waals surface area (Å²) in [7, 11) is 0. The Morgan fingerprint density at radius 3 is 3.06 bits per heavy atom. The van der Waals surface area contributed by atoms with Crippen molar-refractivity contribution in [1.82, 2.24) is 9.97 Å². The number of carboxylic acid groups (broad SMARTS) is 1. The van der Waals surface area contributed by atoms with Crippen LogP contribution in [0.2, 0.25) is 0 Å². The molecule has 0 bridgehead atoms. The fourth-order valence-electron chi connectivity index (χ4n) is 1.23. The molecular formula is C10H10N2O3S. The van der Waals surface area contributed by atoms with Crippen molar-refractivity contribution in [2.75, 3.05) is 0 Å². The lowest BCUT2D eigenvalue weighted by Crippen LogP contribution is -1.97. The Morgan fingerprint density at radius 1 is 1.62 bits per heavy atom. The highest BCUT2D eigenvalue weighted by atomic mass is 32.1. The topological polar surface area (TPSA) is 76.2 Å². The second kappa shape index (κ2) is 4.44. The van der Waals surface area contributed by atoms with Crippen LogP contribution in [0.1, 0.15) is 17.3 Å². The molecule has 0 aromatic carbocycles. The summed E-state index contributed by atoms with van der Waals surface area (Å²) in [5.41, 5.74) is 0.747. The molecule has 0 unspecified atom stereocenters. The minimum absolute atomic E-state index is 0.0239. The number of nitrogens with zero attached hydrogens (tertiary/aromatic N) is 2. The Kier molecular flexibility index (Phi) is 3.00. The minimum Gasteiger partial charge on any atom is -0.481 e. The van der Waals surface area contributed by atoms with Crippen LogP contribution in [0.3, 0.4) is 0 Å². The summed E-state index contributed by atoms with van der Waals surface area (Å²) in [6.07, 6.45) is 1.90. The van der Waals surface area contributed by atoms with Crippen LogP contribution in [0, 0.1) is 6.92 Å². The van der Waals surface area contributed by atoms with Gasteiger partial charge in [-0.05, 0) is 6.92 Å². The van der Waals surface area contributed by atoms with E-state index in [-0.39, 0.29) is 6.42 Å². The lowest BCUT2D eigenvalue weighted by molar-refractivity contribution is -0.137. The number of aromatic nitrogens is 2. The van der Waals surface area contributed by atoms with Gasteiger partial charge >= 0.3 is 5.97 Å². The zero-order valence-electron chi connectivity index (χ0n) is 8.64. The number of rotatable bonds is 4. The molecule has 0 saturated heterocycles. The Morgan fingerprint density at radius 2 is 2.44 bits per heavy atom. The third kappa shape index (κ3) is 2.46. The normalized spacial score (nSPS) is 10.6. The van der Waals surface area contributed by atoms with Gasteiger partial charge in [-0.2, -0.15) is 0 Å². The molecule has 2 aromatic rings. The van der Waals surface area contributed by atoms with E-state index >= 15 is 0 Å². The van der Waals surface area contributed by atoms with Crippen molar-refractivity contribution in [2.24, 2.45) is 0 Å². The van der Waals surface area contributed by atoms with E-state index < -0.39 is 5.97 Å². The number of thiazole rings is 1. The number of hydrogen-bond acceptors (Lipinski definition) is 5. The largest absolute Gasteiger partial charge is 0.481 e. The molecule has 0 aliphatic carbocycles. The van der Waals surface area contributed by atoms with Gasteiger partial charge in [0.2, 0.25) is 0 Å². The van der Waals surface area contributed by atoms with Crippen molar-refractivity contribution >= 4 is 17.3 Å². The number of aliphatic carboxylic acids is 1. The summed E-state index contributed by atoms with van der Waals surface area (Å²) in [6, 6.07) is 0. The Labute approximate surface area is 95.8 Å². The van der Waals surface area contributed by atoms with E-state index in [4.69, 9.17) is 9.52 Å². The Hall–Kier alpha value is -1.69. The highest BCUT2D eigenvalue weighted by molar-refractivity contribution is 7.09. The van der Waals surface area contributed by atoms with Gasteiger partial charge in [-0.1, -0.05) is 0 Å². The SMILES string of the molecule is Cc1nc(-c2cnc(CCC(=O)O)o2)cs1. The molecule has 0 amide bonds. The smallest absolute Gasteiger partial charge is 0.303 e. The van der Waals surface area contributed by atoms with Crippen molar-refractivity contribution in [2.45, 2.75) is 19.8 Å². The number of aryl methyl sites for hydroxylation is 2. The van der Waals surface area contributed by atoms with E-state index in [1.54, 1.807) is 6.20 Å². The average molecular weight is 238 g/mol. The fourth-order valence-corrected chi connectivity index (χ4v) is 1.84. The van der Waals surface area contributed by atoms with E-state index in [2.05, 4.69) is 9.97 Å². The second-order valence-corrected chi connectivity index (χ2v) is 4.33. The summed E-state index contributed by atoms with van der Waals surface area (Å²) in [4.78, 5) is 18.6. The van der Waals surface area contributed by atoms with Gasteiger partial charge in [-0.15, -0.1) is 11.3 Å². The second-order valence-electron chi connectivity index (χ2n) is 3.26. The molecule has 0 aliphatic rings. The monoisotopic (exact) mass is 238 g/mol. The summed E-state index contributed by atoms with van der Waals surface area (Å²) in [5, 5.41) is 11.4. The molecular weight excluding hydrogens is 228 g/mol. The molecule has 6 heteroatoms. The van der Waals surface area contributed by atoms with E-state index in [0.717, 1.165) is 10.7 Å². The van der Waals surface area contributed by atoms with E-state index in [9.17, 15) is 4.79 Å². The lowest BCUT2D eigenvalue weighted by Gasteiger charge is -1.90. The van der Waals surface area contributed by atoms with Gasteiger partial charge in [0.25, 0.3) is 0 Å². The molecule has 2 aromatic heterocycles. The quantitative estimate of drug-likeness (QED) is 0.882. The van der Waals surface area contributed by atoms with Gasteiger partial charge in [0, 0.05) is 11.8 Å². The van der Waals surface area contributed by atoms with E-state index in [1.165, 1.54) is 11.3 Å². The molecule has 0 radical (unpaired) electrons. The van der Waals surface area contributed by atoms with Gasteiger partial charge < -0.3 is 9.52 Å². The average Bonchev–Trinajstić information content (AvgIpc) is 2.83. The number of carboxylic acids is 1. The highest BCUT2D eigenvalue weighted by Crippen LogP contribution is 2.22. The summed E-state index contributed by atoms with van der Waals surface area (Å²) >= 11 is 1.53. The first-order valence-corrected chi connectivity index (χ1v) is 5.62. The van der Waals surface area contributed by atoms with Gasteiger partial charge in [-0.25, -0.2) is 9.97 Å². The van der Waals surface area contributed by atoms with Crippen LogP contribution in [0.5, 0.6) is 0 Å². The first-order chi connectivity index (χ1) is 7.65. The maximum atomic E-state index is 10.4. The van der Waals surface area contributed by atoms with Gasteiger partial charge in [0.05, 0.1) is 17.6 Å². The molecule has 2 rings (SSSR count). The number of carbonyl (C=O) groups is 1. The van der Waals surface area contributed by atoms with Gasteiger partial charge in [0.15, 0.2) is 11.7 Å². The third-order valence-corrected chi connectivity index (χ3v) is 2.75. The number of hydrogen-bond donors (Lipinski definition) is 1. The number of oxazole rings is 1. The Balaban J connectivity index is 2.10. The summed E-state index contributed by atoms with van der Waals surface area (Å²) < 4.78 is 5.40. The van der Waals surface area contributed by atoms with Crippen molar-refractivity contribution in [3.05, 3.63) is 22.5 Å². The maximum Gasteiger partial charge on any atom is 0.303 e. The van der Waals surface area contributed by atoms with Crippen LogP contribution in [-0.4, -0.2) is 21.0 Å². The van der Waals surface area contributed by atoms with Crippen molar-refractivity contribution in [1.29, 1.82) is 0 Å². The molecule has 16 heavy (non-hydrogen) atoms. The highest BCUT2D eigenvalue weighted by Gasteiger charge is 2.10. The predicted octanol–water partition coefficient (Wildman–Crippen LogP) is 2.12. The van der Waals surface area contributed by atoms with Crippen LogP contribution >= 0.6 is 11.3 Å². The summed E-state index contributed by atoms with van der Waals surface area (Å²) in [6.45, 7) is 1.91. The molecule has 0 aliphatic heterocycles. The molecule has 0 saturated carbocycles. The predicted molar refractivity (Wildman–Crippen MR) is 58.3 cm³/mol. The van der Waals surface area contributed by atoms with Crippen molar-refractivity contribution in [3.8, 4) is 11.5 Å². The molecule has 84 valence electrons. The molecule has 0 fully saturated rings. The van der Waals surface area contributed by atoms with Crippen molar-refractivity contribution < 1.29 is 14.3 Å². The third-order valence-electron chi connectivity index (χ3n) is 1.98. The van der Waals surface area contributed by atoms with Gasteiger partial charge in [0.1, 0.15) is 5.69 Å².